The van der Waals surface area contributed by atoms with E-state index in [1.165, 1.54) is 167 Å². The van der Waals surface area contributed by atoms with Crippen molar-refractivity contribution in [1.29, 1.82) is 0 Å². The fraction of sp³-hybridized carbons (Fsp3) is 0.944. The number of hydrogen-bond acceptors (Lipinski definition) is 15. The van der Waals surface area contributed by atoms with Crippen molar-refractivity contribution in [3.8, 4) is 0 Å². The van der Waals surface area contributed by atoms with Gasteiger partial charge in [0.1, 0.15) is 19.3 Å². The Hall–Kier alpha value is -1.94. The molecule has 0 aromatic heterocycles. The molecule has 0 spiro atoms. The summed E-state index contributed by atoms with van der Waals surface area (Å²) in [5.41, 5.74) is 0. The lowest BCUT2D eigenvalue weighted by molar-refractivity contribution is -0.161. The summed E-state index contributed by atoms with van der Waals surface area (Å²) >= 11 is 0. The lowest BCUT2D eigenvalue weighted by Crippen LogP contribution is -2.30. The average molecular weight is 1340 g/mol. The Morgan fingerprint density at radius 2 is 0.505 bits per heavy atom. The number of hydrogen-bond donors (Lipinski definition) is 3. The molecule has 17 nitrogen and oxygen atoms in total. The number of carbonyl (C=O) groups excluding carboxylic acids is 4. The van der Waals surface area contributed by atoms with Crippen molar-refractivity contribution >= 4 is 39.5 Å². The number of rotatable bonds is 70. The number of carbonyl (C=O) groups is 4. The van der Waals surface area contributed by atoms with E-state index in [9.17, 15) is 43.2 Å². The Labute approximate surface area is 556 Å². The summed E-state index contributed by atoms with van der Waals surface area (Å²) in [6.07, 6.45) is 47.5. The standard InChI is InChI=1S/C72H140O17P2/c1-8-9-10-11-12-13-14-19-23-26-31-39-46-53-69(74)82-59-67(88-71(76)55-48-41-32-27-24-21-18-16-15-17-20-22-25-29-36-43-50-63(2)3)61-86-90(78,79)84-57-66(73)58-85-91(80,81)87-62-68(60-83-70(75)54-47-40-35-34-38-45-52-65(6)7)89-72(77)56-49-42-33-28-30-37-44-51-64(4)5/h63-68,73H,8-62H2,1-7H3,(H,78,79)(H,80,81)/t66-,67-,68-/m1/s1. The van der Waals surface area contributed by atoms with Crippen LogP contribution >= 0.6 is 15.6 Å². The first-order valence-corrected chi connectivity index (χ1v) is 40.3. The maximum atomic E-state index is 13.0. The molecule has 0 radical (unpaired) electrons. The van der Waals surface area contributed by atoms with E-state index < -0.39 is 97.5 Å². The van der Waals surface area contributed by atoms with Crippen LogP contribution in [0, 0.1) is 17.8 Å². The van der Waals surface area contributed by atoms with Crippen molar-refractivity contribution in [2.75, 3.05) is 39.6 Å². The van der Waals surface area contributed by atoms with Crippen molar-refractivity contribution in [2.24, 2.45) is 17.8 Å². The van der Waals surface area contributed by atoms with E-state index in [2.05, 4.69) is 48.5 Å². The lowest BCUT2D eigenvalue weighted by atomic mass is 10.0. The van der Waals surface area contributed by atoms with E-state index in [4.69, 9.17) is 37.0 Å². The number of esters is 4. The van der Waals surface area contributed by atoms with Crippen LogP contribution in [0.4, 0.5) is 0 Å². The first-order valence-electron chi connectivity index (χ1n) is 37.3. The van der Waals surface area contributed by atoms with Crippen LogP contribution in [0.1, 0.15) is 363 Å². The molecule has 0 heterocycles. The number of phosphoric acid groups is 2. The topological polar surface area (TPSA) is 237 Å². The van der Waals surface area contributed by atoms with Gasteiger partial charge in [-0.2, -0.15) is 0 Å². The third kappa shape index (κ3) is 66.5. The number of aliphatic hydroxyl groups excluding tert-OH is 1. The summed E-state index contributed by atoms with van der Waals surface area (Å²) in [5.74, 6) is 0.0573. The Morgan fingerprint density at radius 3 is 0.747 bits per heavy atom. The van der Waals surface area contributed by atoms with Gasteiger partial charge in [-0.3, -0.25) is 37.3 Å². The molecule has 3 N–H and O–H groups in total. The summed E-state index contributed by atoms with van der Waals surface area (Å²) in [6, 6.07) is 0. The summed E-state index contributed by atoms with van der Waals surface area (Å²) in [6.45, 7) is 11.7. The zero-order valence-electron chi connectivity index (χ0n) is 59.3. The van der Waals surface area contributed by atoms with Gasteiger partial charge in [0.15, 0.2) is 12.2 Å². The molecule has 5 atom stereocenters. The fourth-order valence-electron chi connectivity index (χ4n) is 10.9. The molecule has 0 rings (SSSR count). The second-order valence-electron chi connectivity index (χ2n) is 27.4. The van der Waals surface area contributed by atoms with Crippen molar-refractivity contribution in [1.82, 2.24) is 0 Å². The highest BCUT2D eigenvalue weighted by atomic mass is 31.2. The van der Waals surface area contributed by atoms with Gasteiger partial charge in [0.2, 0.25) is 0 Å². The van der Waals surface area contributed by atoms with Gasteiger partial charge in [-0.25, -0.2) is 9.13 Å². The van der Waals surface area contributed by atoms with Crippen LogP contribution in [0.25, 0.3) is 0 Å². The molecule has 0 aliphatic rings. The molecule has 540 valence electrons. The molecule has 0 bridgehead atoms. The van der Waals surface area contributed by atoms with Gasteiger partial charge in [-0.05, 0) is 43.4 Å². The van der Waals surface area contributed by atoms with Crippen LogP contribution in [-0.2, 0) is 65.4 Å². The van der Waals surface area contributed by atoms with Crippen LogP contribution in [0.3, 0.4) is 0 Å². The molecule has 0 aliphatic heterocycles. The summed E-state index contributed by atoms with van der Waals surface area (Å²) in [4.78, 5) is 72.5. The van der Waals surface area contributed by atoms with E-state index in [-0.39, 0.29) is 25.7 Å². The summed E-state index contributed by atoms with van der Waals surface area (Å²) < 4.78 is 68.3. The molecule has 0 aromatic carbocycles. The van der Waals surface area contributed by atoms with Gasteiger partial charge < -0.3 is 33.8 Å². The normalized spacial score (nSPS) is 14.2. The minimum Gasteiger partial charge on any atom is -0.462 e. The number of aliphatic hydroxyl groups is 1. The first kappa shape index (κ1) is 89.1. The number of phosphoric ester groups is 2. The summed E-state index contributed by atoms with van der Waals surface area (Å²) in [5, 5.41) is 10.6. The molecule has 0 amide bonds. The molecular weight excluding hydrogens is 1200 g/mol. The predicted octanol–water partition coefficient (Wildman–Crippen LogP) is 20.6. The molecule has 0 fully saturated rings. The van der Waals surface area contributed by atoms with Crippen molar-refractivity contribution in [3.05, 3.63) is 0 Å². The maximum Gasteiger partial charge on any atom is 0.472 e. The van der Waals surface area contributed by atoms with Crippen LogP contribution in [0.2, 0.25) is 0 Å². The van der Waals surface area contributed by atoms with Gasteiger partial charge in [0, 0.05) is 25.7 Å². The molecule has 2 unspecified atom stereocenters. The maximum absolute atomic E-state index is 13.0. The van der Waals surface area contributed by atoms with E-state index in [1.807, 2.05) is 0 Å². The fourth-order valence-corrected chi connectivity index (χ4v) is 12.5. The molecule has 0 saturated heterocycles. The van der Waals surface area contributed by atoms with Gasteiger partial charge in [0.25, 0.3) is 0 Å². The van der Waals surface area contributed by atoms with Gasteiger partial charge in [-0.15, -0.1) is 0 Å². The highest BCUT2D eigenvalue weighted by Crippen LogP contribution is 2.45. The van der Waals surface area contributed by atoms with Crippen molar-refractivity contribution < 1.29 is 80.2 Å². The van der Waals surface area contributed by atoms with Crippen LogP contribution in [0.15, 0.2) is 0 Å². The third-order valence-electron chi connectivity index (χ3n) is 16.6. The Balaban J connectivity index is 5.20. The van der Waals surface area contributed by atoms with E-state index in [0.29, 0.717) is 37.5 Å². The van der Waals surface area contributed by atoms with E-state index in [0.717, 1.165) is 102 Å². The van der Waals surface area contributed by atoms with Crippen LogP contribution in [-0.4, -0.2) is 96.7 Å². The smallest absolute Gasteiger partial charge is 0.462 e. The van der Waals surface area contributed by atoms with E-state index >= 15 is 0 Å². The minimum atomic E-state index is -4.95. The second-order valence-corrected chi connectivity index (χ2v) is 30.3. The number of unbranched alkanes of at least 4 members (excludes halogenated alkanes) is 38. The van der Waals surface area contributed by atoms with Gasteiger partial charge in [-0.1, -0.05) is 312 Å². The Bertz CT molecular complexity index is 1780. The minimum absolute atomic E-state index is 0.102. The van der Waals surface area contributed by atoms with Gasteiger partial charge in [0.05, 0.1) is 26.4 Å². The quantitative estimate of drug-likeness (QED) is 0.0222. The predicted molar refractivity (Wildman–Crippen MR) is 368 cm³/mol. The van der Waals surface area contributed by atoms with Crippen molar-refractivity contribution in [2.45, 2.75) is 381 Å². The van der Waals surface area contributed by atoms with Crippen LogP contribution < -0.4 is 0 Å². The largest absolute Gasteiger partial charge is 0.472 e. The monoisotopic (exact) mass is 1340 g/mol. The second kappa shape index (κ2) is 62.8. The first-order chi connectivity index (χ1) is 43.7. The highest BCUT2D eigenvalue weighted by molar-refractivity contribution is 7.47. The SMILES string of the molecule is CCCCCCCCCCCCCCCC(=O)OC[C@H](COP(=O)(O)OC[C@@H](O)COP(=O)(O)OC[C@@H](COC(=O)CCCCCCCCC(C)C)OC(=O)CCCCCCCCCC(C)C)OC(=O)CCCCCCCCCCCCCCCCCCC(C)C. The van der Waals surface area contributed by atoms with Crippen molar-refractivity contribution in [3.63, 3.8) is 0 Å². The molecule has 0 saturated carbocycles. The molecule has 91 heavy (non-hydrogen) atoms. The molecule has 0 aliphatic carbocycles. The number of ether oxygens (including phenoxy) is 4. The third-order valence-corrected chi connectivity index (χ3v) is 18.5. The highest BCUT2D eigenvalue weighted by Gasteiger charge is 2.30. The molecular formula is C72H140O17P2. The average Bonchev–Trinajstić information content (AvgIpc) is 3.72. The van der Waals surface area contributed by atoms with E-state index in [1.54, 1.807) is 0 Å². The molecule has 0 aromatic rings. The van der Waals surface area contributed by atoms with Gasteiger partial charge >= 0.3 is 39.5 Å². The lowest BCUT2D eigenvalue weighted by Gasteiger charge is -2.21. The summed E-state index contributed by atoms with van der Waals surface area (Å²) in [7, 11) is -9.90. The molecule has 19 heteroatoms. The van der Waals surface area contributed by atoms with Crippen LogP contribution in [0.5, 0.6) is 0 Å². The Kier molecular flexibility index (Phi) is 61.5. The zero-order chi connectivity index (χ0) is 67.3. The Morgan fingerprint density at radius 1 is 0.297 bits per heavy atom. The zero-order valence-corrected chi connectivity index (χ0v) is 61.1.